The molecule has 1 atom stereocenters. The first-order valence-corrected chi connectivity index (χ1v) is 8.13. The van der Waals surface area contributed by atoms with Gasteiger partial charge in [-0.3, -0.25) is 4.79 Å². The minimum Gasteiger partial charge on any atom is -0.496 e. The predicted molar refractivity (Wildman–Crippen MR) is 85.0 cm³/mol. The number of hydrogen-bond acceptors (Lipinski definition) is 5. The largest absolute Gasteiger partial charge is 0.496 e. The number of benzene rings is 1. The Labute approximate surface area is 136 Å². The van der Waals surface area contributed by atoms with Crippen LogP contribution in [0.25, 0.3) is 0 Å². The molecule has 0 saturated carbocycles. The number of rotatable bonds is 6. The van der Waals surface area contributed by atoms with Crippen molar-refractivity contribution in [2.45, 2.75) is 23.8 Å². The van der Waals surface area contributed by atoms with Gasteiger partial charge in [-0.2, -0.15) is 0 Å². The first-order chi connectivity index (χ1) is 9.94. The number of nitrogens with one attached hydrogen (secondary N) is 2. The fourth-order valence-corrected chi connectivity index (χ4v) is 3.38. The Balaban J connectivity index is 0.00000242. The summed E-state index contributed by atoms with van der Waals surface area (Å²) in [5.41, 5.74) is 5.27. The van der Waals surface area contributed by atoms with Gasteiger partial charge in [0.1, 0.15) is 5.75 Å². The fraction of sp³-hybridized carbons (Fsp3) is 0.462. The molecule has 1 amide bonds. The van der Waals surface area contributed by atoms with Crippen molar-refractivity contribution in [2.24, 2.45) is 5.73 Å². The van der Waals surface area contributed by atoms with Crippen LogP contribution in [0.4, 0.5) is 0 Å². The molecule has 1 unspecified atom stereocenters. The molecular weight excluding hydrogens is 330 g/mol. The Kier molecular flexibility index (Phi) is 6.61. The Morgan fingerprint density at radius 3 is 2.77 bits per heavy atom. The van der Waals surface area contributed by atoms with Crippen molar-refractivity contribution in [3.8, 4) is 5.75 Å². The highest BCUT2D eigenvalue weighted by Gasteiger charge is 2.21. The summed E-state index contributed by atoms with van der Waals surface area (Å²) in [5.74, 6) is -0.486. The van der Waals surface area contributed by atoms with Crippen molar-refractivity contribution >= 4 is 28.3 Å². The molecule has 1 fully saturated rings. The van der Waals surface area contributed by atoms with Crippen LogP contribution >= 0.6 is 12.4 Å². The van der Waals surface area contributed by atoms with Crippen LogP contribution < -0.4 is 20.5 Å². The van der Waals surface area contributed by atoms with Gasteiger partial charge in [0.25, 0.3) is 5.91 Å². The average Bonchev–Trinajstić information content (AvgIpc) is 2.97. The summed E-state index contributed by atoms with van der Waals surface area (Å²) in [5, 5.41) is 3.21. The van der Waals surface area contributed by atoms with E-state index in [-0.39, 0.29) is 34.7 Å². The summed E-state index contributed by atoms with van der Waals surface area (Å²) >= 11 is 0. The standard InChI is InChI=1S/C13H19N3O4S.ClH/c1-20-12-5-4-10(7-11(12)13(14)17)21(18,19)16-8-9-3-2-6-15-9;/h4-5,7,9,15-16H,2-3,6,8H2,1H3,(H2,14,17);1H. The van der Waals surface area contributed by atoms with Crippen molar-refractivity contribution in [1.29, 1.82) is 0 Å². The molecule has 0 spiro atoms. The molecule has 0 aliphatic carbocycles. The summed E-state index contributed by atoms with van der Waals surface area (Å²) in [6.07, 6.45) is 1.98. The van der Waals surface area contributed by atoms with Crippen LogP contribution in [0.1, 0.15) is 23.2 Å². The van der Waals surface area contributed by atoms with Gasteiger partial charge < -0.3 is 15.8 Å². The van der Waals surface area contributed by atoms with Gasteiger partial charge in [-0.25, -0.2) is 13.1 Å². The molecule has 0 radical (unpaired) electrons. The first kappa shape index (κ1) is 18.7. The molecule has 1 heterocycles. The summed E-state index contributed by atoms with van der Waals surface area (Å²) in [7, 11) is -2.29. The van der Waals surface area contributed by atoms with Gasteiger partial charge in [-0.05, 0) is 37.6 Å². The third-order valence-corrected chi connectivity index (χ3v) is 4.85. The zero-order valence-corrected chi connectivity index (χ0v) is 13.8. The maximum Gasteiger partial charge on any atom is 0.252 e. The number of ether oxygens (including phenoxy) is 1. The second kappa shape index (κ2) is 7.77. The Hall–Kier alpha value is -1.35. The van der Waals surface area contributed by atoms with E-state index >= 15 is 0 Å². The number of primary amides is 1. The van der Waals surface area contributed by atoms with Gasteiger partial charge in [-0.1, -0.05) is 0 Å². The normalized spacial score (nSPS) is 17.8. The fourth-order valence-electron chi connectivity index (χ4n) is 2.27. The van der Waals surface area contributed by atoms with E-state index in [1.54, 1.807) is 0 Å². The number of hydrogen-bond donors (Lipinski definition) is 3. The summed E-state index contributed by atoms with van der Waals surface area (Å²) in [6, 6.07) is 4.18. The summed E-state index contributed by atoms with van der Waals surface area (Å²) in [6.45, 7) is 1.22. The molecule has 1 aliphatic rings. The van der Waals surface area contributed by atoms with Crippen molar-refractivity contribution in [1.82, 2.24) is 10.0 Å². The highest BCUT2D eigenvalue weighted by molar-refractivity contribution is 7.89. The van der Waals surface area contributed by atoms with E-state index in [4.69, 9.17) is 10.5 Å². The van der Waals surface area contributed by atoms with E-state index in [2.05, 4.69) is 10.0 Å². The van der Waals surface area contributed by atoms with Crippen LogP contribution in [0.3, 0.4) is 0 Å². The Morgan fingerprint density at radius 2 is 2.23 bits per heavy atom. The van der Waals surface area contributed by atoms with Gasteiger partial charge in [-0.15, -0.1) is 12.4 Å². The zero-order chi connectivity index (χ0) is 15.5. The molecule has 124 valence electrons. The molecule has 0 aromatic heterocycles. The maximum atomic E-state index is 12.2. The highest BCUT2D eigenvalue weighted by atomic mass is 35.5. The van der Waals surface area contributed by atoms with Crippen molar-refractivity contribution in [3.05, 3.63) is 23.8 Å². The second-order valence-electron chi connectivity index (χ2n) is 4.87. The monoisotopic (exact) mass is 349 g/mol. The third-order valence-electron chi connectivity index (χ3n) is 3.43. The highest BCUT2D eigenvalue weighted by Crippen LogP contribution is 2.22. The van der Waals surface area contributed by atoms with E-state index in [0.29, 0.717) is 6.54 Å². The lowest BCUT2D eigenvalue weighted by atomic mass is 10.2. The number of halogens is 1. The number of carbonyl (C=O) groups is 1. The predicted octanol–water partition coefficient (Wildman–Crippen LogP) is 0.246. The third kappa shape index (κ3) is 4.33. The number of nitrogens with two attached hydrogens (primary N) is 1. The van der Waals surface area contributed by atoms with Crippen molar-refractivity contribution in [2.75, 3.05) is 20.2 Å². The maximum absolute atomic E-state index is 12.2. The smallest absolute Gasteiger partial charge is 0.252 e. The molecule has 1 aromatic rings. The van der Waals surface area contributed by atoms with Gasteiger partial charge in [0, 0.05) is 12.6 Å². The Morgan fingerprint density at radius 1 is 1.50 bits per heavy atom. The number of amides is 1. The minimum absolute atomic E-state index is 0. The van der Waals surface area contributed by atoms with E-state index in [0.717, 1.165) is 19.4 Å². The van der Waals surface area contributed by atoms with Crippen LogP contribution in [0, 0.1) is 0 Å². The molecule has 1 aromatic carbocycles. The molecule has 9 heteroatoms. The van der Waals surface area contributed by atoms with Crippen molar-refractivity contribution in [3.63, 3.8) is 0 Å². The van der Waals surface area contributed by atoms with Gasteiger partial charge in [0.2, 0.25) is 10.0 Å². The topological polar surface area (TPSA) is 111 Å². The number of sulfonamides is 1. The SMILES string of the molecule is COc1ccc(S(=O)(=O)NCC2CCCN2)cc1C(N)=O.Cl. The van der Waals surface area contributed by atoms with Crippen LogP contribution in [-0.2, 0) is 10.0 Å². The molecule has 22 heavy (non-hydrogen) atoms. The van der Waals surface area contributed by atoms with Crippen LogP contribution in [0.15, 0.2) is 23.1 Å². The minimum atomic E-state index is -3.68. The van der Waals surface area contributed by atoms with E-state index in [1.807, 2.05) is 0 Å². The molecule has 0 bridgehead atoms. The summed E-state index contributed by atoms with van der Waals surface area (Å²) < 4.78 is 32.0. The summed E-state index contributed by atoms with van der Waals surface area (Å²) in [4.78, 5) is 11.3. The first-order valence-electron chi connectivity index (χ1n) is 6.65. The van der Waals surface area contributed by atoms with Crippen LogP contribution in [-0.4, -0.2) is 40.6 Å². The van der Waals surface area contributed by atoms with Gasteiger partial charge in [0.15, 0.2) is 0 Å². The van der Waals surface area contributed by atoms with Crippen LogP contribution in [0.5, 0.6) is 5.75 Å². The lowest BCUT2D eigenvalue weighted by Crippen LogP contribution is -2.37. The van der Waals surface area contributed by atoms with Gasteiger partial charge in [0.05, 0.1) is 17.6 Å². The quantitative estimate of drug-likeness (QED) is 0.681. The van der Waals surface area contributed by atoms with E-state index in [1.165, 1.54) is 25.3 Å². The van der Waals surface area contributed by atoms with Crippen LogP contribution in [0.2, 0.25) is 0 Å². The second-order valence-corrected chi connectivity index (χ2v) is 6.64. The van der Waals surface area contributed by atoms with E-state index < -0.39 is 15.9 Å². The molecule has 7 nitrogen and oxygen atoms in total. The average molecular weight is 350 g/mol. The Bertz CT molecular complexity index is 630. The lowest BCUT2D eigenvalue weighted by molar-refractivity contribution is 0.0997. The molecular formula is C13H20ClN3O4S. The molecule has 2 rings (SSSR count). The molecule has 1 aliphatic heterocycles. The molecule has 1 saturated heterocycles. The van der Waals surface area contributed by atoms with Crippen molar-refractivity contribution < 1.29 is 17.9 Å². The number of methoxy groups -OCH3 is 1. The number of carbonyl (C=O) groups excluding carboxylic acids is 1. The zero-order valence-electron chi connectivity index (χ0n) is 12.2. The van der Waals surface area contributed by atoms with E-state index in [9.17, 15) is 13.2 Å². The lowest BCUT2D eigenvalue weighted by Gasteiger charge is -2.13. The van der Waals surface area contributed by atoms with Gasteiger partial charge >= 0.3 is 0 Å². The molecule has 4 N–H and O–H groups in total.